The molecule has 3 nitrogen and oxygen atoms in total. The molecule has 0 aliphatic heterocycles. The van der Waals surface area contributed by atoms with Gasteiger partial charge in [0, 0.05) is 24.3 Å². The zero-order valence-electron chi connectivity index (χ0n) is 12.0. The van der Waals surface area contributed by atoms with Gasteiger partial charge in [-0.05, 0) is 24.6 Å². The topological polar surface area (TPSA) is 43.7 Å². The molecule has 0 bridgehead atoms. The average Bonchev–Trinajstić information content (AvgIpc) is 2.47. The molecule has 4 heteroatoms. The molecule has 0 amide bonds. The first-order valence-corrected chi connectivity index (χ1v) is 6.99. The van der Waals surface area contributed by atoms with Gasteiger partial charge >= 0.3 is 0 Å². The molecule has 0 aliphatic rings. The fourth-order valence-electron chi connectivity index (χ4n) is 2.42. The summed E-state index contributed by atoms with van der Waals surface area (Å²) in [5.74, 6) is -0.432. The van der Waals surface area contributed by atoms with Crippen LogP contribution in [0, 0.1) is 5.82 Å². The lowest BCUT2D eigenvalue weighted by Gasteiger charge is -2.27. The quantitative estimate of drug-likeness (QED) is 0.859. The summed E-state index contributed by atoms with van der Waals surface area (Å²) in [5.41, 5.74) is 1.94. The van der Waals surface area contributed by atoms with Crippen LogP contribution in [0.3, 0.4) is 0 Å². The smallest absolute Gasteiger partial charge is 0.131 e. The lowest BCUT2D eigenvalue weighted by Crippen LogP contribution is -2.27. The minimum atomic E-state index is -0.904. The highest BCUT2D eigenvalue weighted by molar-refractivity contribution is 5.55. The molecule has 2 rings (SSSR count). The van der Waals surface area contributed by atoms with Crippen molar-refractivity contribution < 1.29 is 14.6 Å². The normalized spacial score (nSPS) is 12.2. The minimum absolute atomic E-state index is 0.0391. The predicted molar refractivity (Wildman–Crippen MR) is 81.6 cm³/mol. The van der Waals surface area contributed by atoms with Crippen molar-refractivity contribution in [3.8, 4) is 0 Å². The summed E-state index contributed by atoms with van der Waals surface area (Å²) >= 11 is 0. The van der Waals surface area contributed by atoms with Gasteiger partial charge in [0.25, 0.3) is 0 Å². The molecule has 0 heterocycles. The summed E-state index contributed by atoms with van der Waals surface area (Å²) in [4.78, 5) is 1.88. The Morgan fingerprint density at radius 3 is 2.43 bits per heavy atom. The molecular weight excluding hydrogens is 269 g/mol. The molecule has 112 valence electrons. The maximum Gasteiger partial charge on any atom is 0.131 e. The van der Waals surface area contributed by atoms with Gasteiger partial charge in [0.05, 0.1) is 12.7 Å². The molecule has 0 unspecified atom stereocenters. The molecule has 2 N–H and O–H groups in total. The molecule has 0 aliphatic carbocycles. The predicted octanol–water partition coefficient (Wildman–Crippen LogP) is 2.88. The van der Waals surface area contributed by atoms with E-state index in [4.69, 9.17) is 0 Å². The SMILES string of the molecule is C[C@H](O)c1c(F)cccc1N(CCO)Cc1ccccc1. The zero-order chi connectivity index (χ0) is 15.2. The van der Waals surface area contributed by atoms with Crippen molar-refractivity contribution in [2.75, 3.05) is 18.1 Å². The number of anilines is 1. The average molecular weight is 289 g/mol. The van der Waals surface area contributed by atoms with Crippen molar-refractivity contribution in [3.63, 3.8) is 0 Å². The van der Waals surface area contributed by atoms with Crippen LogP contribution in [0.15, 0.2) is 48.5 Å². The highest BCUT2D eigenvalue weighted by Crippen LogP contribution is 2.29. The van der Waals surface area contributed by atoms with Gasteiger partial charge in [0.2, 0.25) is 0 Å². The Morgan fingerprint density at radius 1 is 1.10 bits per heavy atom. The highest BCUT2D eigenvalue weighted by atomic mass is 19.1. The van der Waals surface area contributed by atoms with Gasteiger partial charge in [-0.25, -0.2) is 4.39 Å². The Hall–Kier alpha value is -1.91. The summed E-state index contributed by atoms with van der Waals surface area (Å²) < 4.78 is 14.0. The second-order valence-electron chi connectivity index (χ2n) is 4.98. The summed E-state index contributed by atoms with van der Waals surface area (Å²) in [7, 11) is 0. The van der Waals surface area contributed by atoms with E-state index in [0.717, 1.165) is 5.56 Å². The van der Waals surface area contributed by atoms with Crippen molar-refractivity contribution in [1.82, 2.24) is 0 Å². The maximum absolute atomic E-state index is 14.0. The summed E-state index contributed by atoms with van der Waals surface area (Å²) in [6.07, 6.45) is -0.904. The van der Waals surface area contributed by atoms with Crippen LogP contribution in [-0.2, 0) is 6.54 Å². The van der Waals surface area contributed by atoms with Crippen molar-refractivity contribution in [2.45, 2.75) is 19.6 Å². The molecule has 0 aromatic heterocycles. The second kappa shape index (κ2) is 7.20. The molecule has 0 spiro atoms. The van der Waals surface area contributed by atoms with Crippen LogP contribution >= 0.6 is 0 Å². The van der Waals surface area contributed by atoms with Crippen LogP contribution in [0.1, 0.15) is 24.2 Å². The molecule has 1 atom stereocenters. The van der Waals surface area contributed by atoms with Gasteiger partial charge in [-0.2, -0.15) is 0 Å². The highest BCUT2D eigenvalue weighted by Gasteiger charge is 2.18. The number of hydrogen-bond acceptors (Lipinski definition) is 3. The number of rotatable bonds is 6. The van der Waals surface area contributed by atoms with Gasteiger partial charge in [-0.3, -0.25) is 0 Å². The van der Waals surface area contributed by atoms with E-state index >= 15 is 0 Å². The monoisotopic (exact) mass is 289 g/mol. The van der Waals surface area contributed by atoms with Crippen LogP contribution < -0.4 is 4.90 Å². The van der Waals surface area contributed by atoms with E-state index in [1.54, 1.807) is 19.1 Å². The summed E-state index contributed by atoms with van der Waals surface area (Å²) in [6.45, 7) is 2.42. The van der Waals surface area contributed by atoms with Crippen LogP contribution in [-0.4, -0.2) is 23.4 Å². The first kappa shape index (κ1) is 15.5. The maximum atomic E-state index is 14.0. The Bertz CT molecular complexity index is 572. The van der Waals surface area contributed by atoms with Crippen LogP contribution in [0.25, 0.3) is 0 Å². The van der Waals surface area contributed by atoms with Crippen molar-refractivity contribution in [3.05, 3.63) is 65.5 Å². The lowest BCUT2D eigenvalue weighted by atomic mass is 10.1. The van der Waals surface area contributed by atoms with E-state index in [0.29, 0.717) is 18.8 Å². The van der Waals surface area contributed by atoms with Crippen LogP contribution in [0.4, 0.5) is 10.1 Å². The van der Waals surface area contributed by atoms with Crippen molar-refractivity contribution in [2.24, 2.45) is 0 Å². The van der Waals surface area contributed by atoms with Gasteiger partial charge in [-0.15, -0.1) is 0 Å². The first-order chi connectivity index (χ1) is 10.1. The fraction of sp³-hybridized carbons (Fsp3) is 0.294. The molecular formula is C17H20FNO2. The van der Waals surface area contributed by atoms with Gasteiger partial charge in [0.15, 0.2) is 0 Å². The lowest BCUT2D eigenvalue weighted by molar-refractivity contribution is 0.194. The van der Waals surface area contributed by atoms with E-state index in [1.165, 1.54) is 6.07 Å². The van der Waals surface area contributed by atoms with Crippen LogP contribution in [0.2, 0.25) is 0 Å². The van der Waals surface area contributed by atoms with Crippen molar-refractivity contribution in [1.29, 1.82) is 0 Å². The number of halogens is 1. The van der Waals surface area contributed by atoms with E-state index in [1.807, 2.05) is 35.2 Å². The fourth-order valence-corrected chi connectivity index (χ4v) is 2.42. The van der Waals surface area contributed by atoms with E-state index in [-0.39, 0.29) is 12.2 Å². The van der Waals surface area contributed by atoms with E-state index in [2.05, 4.69) is 0 Å². The summed E-state index contributed by atoms with van der Waals surface area (Å²) in [5, 5.41) is 19.1. The zero-order valence-corrected chi connectivity index (χ0v) is 12.0. The van der Waals surface area contributed by atoms with Gasteiger partial charge < -0.3 is 15.1 Å². The largest absolute Gasteiger partial charge is 0.395 e. The minimum Gasteiger partial charge on any atom is -0.395 e. The Kier molecular flexibility index (Phi) is 5.31. The molecule has 2 aromatic carbocycles. The third kappa shape index (κ3) is 3.80. The molecule has 0 saturated heterocycles. The number of aliphatic hydroxyl groups excluding tert-OH is 2. The van der Waals surface area contributed by atoms with E-state index in [9.17, 15) is 14.6 Å². The third-order valence-electron chi connectivity index (χ3n) is 3.37. The van der Waals surface area contributed by atoms with Gasteiger partial charge in [-0.1, -0.05) is 36.4 Å². The standard InChI is InChI=1S/C17H20FNO2/c1-13(21)17-15(18)8-5-9-16(17)19(10-11-20)12-14-6-3-2-4-7-14/h2-9,13,20-21H,10-12H2,1H3/t13-/m0/s1. The number of aliphatic hydroxyl groups is 2. The van der Waals surface area contributed by atoms with E-state index < -0.39 is 11.9 Å². The molecule has 0 saturated carbocycles. The molecule has 21 heavy (non-hydrogen) atoms. The second-order valence-corrected chi connectivity index (χ2v) is 4.98. The molecule has 2 aromatic rings. The number of hydrogen-bond donors (Lipinski definition) is 2. The Labute approximate surface area is 124 Å². The Balaban J connectivity index is 2.36. The van der Waals surface area contributed by atoms with Crippen LogP contribution in [0.5, 0.6) is 0 Å². The Morgan fingerprint density at radius 2 is 1.81 bits per heavy atom. The molecule has 0 radical (unpaired) electrons. The summed E-state index contributed by atoms with van der Waals surface area (Å²) in [6, 6.07) is 14.5. The van der Waals surface area contributed by atoms with Crippen molar-refractivity contribution >= 4 is 5.69 Å². The van der Waals surface area contributed by atoms with Gasteiger partial charge in [0.1, 0.15) is 5.82 Å². The molecule has 0 fully saturated rings. The number of nitrogens with zero attached hydrogens (tertiary/aromatic N) is 1. The third-order valence-corrected chi connectivity index (χ3v) is 3.37. The first-order valence-electron chi connectivity index (χ1n) is 6.99. The number of benzene rings is 2.